The van der Waals surface area contributed by atoms with Crippen LogP contribution in [0.25, 0.3) is 0 Å². The molecule has 0 aromatic carbocycles. The molecule has 0 aromatic heterocycles. The van der Waals surface area contributed by atoms with Gasteiger partial charge in [-0.05, 0) is 19.3 Å². The minimum atomic E-state index is -1.41. The van der Waals surface area contributed by atoms with E-state index in [4.69, 9.17) is 10.8 Å². The minimum absolute atomic E-state index is 0.139. The highest BCUT2D eigenvalue weighted by Crippen LogP contribution is 2.09. The molecule has 2 amide bonds. The molecule has 0 fully saturated rings. The summed E-state index contributed by atoms with van der Waals surface area (Å²) in [7, 11) is 0. The predicted molar refractivity (Wildman–Crippen MR) is 87.5 cm³/mol. The van der Waals surface area contributed by atoms with Crippen molar-refractivity contribution in [3.8, 4) is 0 Å². The second-order valence-corrected chi connectivity index (χ2v) is 5.98. The normalized spacial score (nSPS) is 16.8. The highest BCUT2D eigenvalue weighted by atomic mass is 16.4. The fraction of sp³-hybridized carbons (Fsp3) is 0.733. The molecule has 0 unspecified atom stereocenters. The molecule has 10 heteroatoms. The number of aliphatic hydroxyl groups is 1. The van der Waals surface area contributed by atoms with Crippen LogP contribution in [-0.4, -0.2) is 63.3 Å². The number of nitrogens with one attached hydrogen (secondary N) is 2. The molecule has 0 saturated heterocycles. The number of hydrogen-bond donors (Lipinski definition) is 6. The molecule has 0 aromatic rings. The summed E-state index contributed by atoms with van der Waals surface area (Å²) in [6.07, 6.45) is -1.26. The van der Waals surface area contributed by atoms with Crippen molar-refractivity contribution in [1.82, 2.24) is 10.6 Å². The maximum absolute atomic E-state index is 12.3. The molecule has 144 valence electrons. The number of rotatable bonds is 11. The van der Waals surface area contributed by atoms with Crippen LogP contribution in [0.2, 0.25) is 0 Å². The second kappa shape index (κ2) is 10.6. The largest absolute Gasteiger partial charge is 0.481 e. The van der Waals surface area contributed by atoms with Gasteiger partial charge in [-0.25, -0.2) is 4.79 Å². The van der Waals surface area contributed by atoms with Gasteiger partial charge in [-0.15, -0.1) is 0 Å². The van der Waals surface area contributed by atoms with Gasteiger partial charge < -0.3 is 31.7 Å². The van der Waals surface area contributed by atoms with E-state index in [2.05, 4.69) is 10.6 Å². The molecule has 0 aliphatic carbocycles. The first-order valence-corrected chi connectivity index (χ1v) is 8.00. The van der Waals surface area contributed by atoms with Gasteiger partial charge in [0, 0.05) is 6.42 Å². The van der Waals surface area contributed by atoms with Gasteiger partial charge in [0.15, 0.2) is 0 Å². The van der Waals surface area contributed by atoms with Crippen molar-refractivity contribution < 1.29 is 34.5 Å². The Balaban J connectivity index is 4.97. The van der Waals surface area contributed by atoms with Crippen LogP contribution in [-0.2, 0) is 19.2 Å². The van der Waals surface area contributed by atoms with E-state index in [0.29, 0.717) is 6.42 Å². The molecule has 25 heavy (non-hydrogen) atoms. The first kappa shape index (κ1) is 22.8. The summed E-state index contributed by atoms with van der Waals surface area (Å²) >= 11 is 0. The molecule has 0 saturated carbocycles. The van der Waals surface area contributed by atoms with E-state index in [0.717, 1.165) is 0 Å². The van der Waals surface area contributed by atoms with Crippen LogP contribution in [0.5, 0.6) is 0 Å². The zero-order valence-electron chi connectivity index (χ0n) is 14.6. The monoisotopic (exact) mass is 361 g/mol. The average Bonchev–Trinajstić information content (AvgIpc) is 2.53. The van der Waals surface area contributed by atoms with E-state index in [1.807, 2.05) is 0 Å². The lowest BCUT2D eigenvalue weighted by molar-refractivity contribution is -0.144. The van der Waals surface area contributed by atoms with E-state index < -0.39 is 48.0 Å². The Morgan fingerprint density at radius 2 is 1.52 bits per heavy atom. The van der Waals surface area contributed by atoms with E-state index >= 15 is 0 Å². The van der Waals surface area contributed by atoms with Crippen molar-refractivity contribution in [2.75, 3.05) is 0 Å². The van der Waals surface area contributed by atoms with E-state index in [9.17, 15) is 29.4 Å². The van der Waals surface area contributed by atoms with Crippen LogP contribution in [0.15, 0.2) is 0 Å². The summed E-state index contributed by atoms with van der Waals surface area (Å²) < 4.78 is 0. The van der Waals surface area contributed by atoms with E-state index in [-0.39, 0.29) is 18.8 Å². The molecule has 0 aliphatic rings. The Kier molecular flexibility index (Phi) is 9.69. The van der Waals surface area contributed by atoms with Gasteiger partial charge in [0.1, 0.15) is 12.1 Å². The quantitative estimate of drug-likeness (QED) is 0.261. The van der Waals surface area contributed by atoms with E-state index in [1.165, 1.54) is 6.92 Å². The smallest absolute Gasteiger partial charge is 0.326 e. The van der Waals surface area contributed by atoms with Gasteiger partial charge in [0.2, 0.25) is 11.8 Å². The van der Waals surface area contributed by atoms with Crippen LogP contribution in [0.1, 0.15) is 40.0 Å². The number of carbonyl (C=O) groups excluding carboxylic acids is 2. The standard InChI is InChI=1S/C15H27N3O7/c1-4-7(2)11(15(24)25)17-14(23)12(8(3)19)18-13(22)9(16)5-6-10(20)21/h7-9,11-12,19H,4-6,16H2,1-3H3,(H,17,23)(H,18,22)(H,20,21)(H,24,25)/t7-,8+,9-,11-,12-/m0/s1. The lowest BCUT2D eigenvalue weighted by atomic mass is 9.98. The molecule has 0 aliphatic heterocycles. The molecule has 0 rings (SSSR count). The first-order valence-electron chi connectivity index (χ1n) is 8.00. The SMILES string of the molecule is CC[C@H](C)[C@H](NC(=O)[C@@H](NC(=O)[C@@H](N)CCC(=O)O)[C@@H](C)O)C(=O)O. The lowest BCUT2D eigenvalue weighted by Crippen LogP contribution is -2.59. The Hall–Kier alpha value is -2.20. The number of carbonyl (C=O) groups is 4. The van der Waals surface area contributed by atoms with Gasteiger partial charge in [0.25, 0.3) is 0 Å². The first-order chi connectivity index (χ1) is 11.5. The number of hydrogen-bond acceptors (Lipinski definition) is 6. The van der Waals surface area contributed by atoms with Crippen molar-refractivity contribution in [2.45, 2.75) is 64.3 Å². The van der Waals surface area contributed by atoms with E-state index in [1.54, 1.807) is 13.8 Å². The summed E-state index contributed by atoms with van der Waals surface area (Å²) in [6.45, 7) is 4.67. The summed E-state index contributed by atoms with van der Waals surface area (Å²) in [4.78, 5) is 46.0. The third kappa shape index (κ3) is 7.94. The van der Waals surface area contributed by atoms with Crippen molar-refractivity contribution in [2.24, 2.45) is 11.7 Å². The molecule has 0 spiro atoms. The summed E-state index contributed by atoms with van der Waals surface area (Å²) in [6, 6.07) is -3.75. The second-order valence-electron chi connectivity index (χ2n) is 5.98. The summed E-state index contributed by atoms with van der Waals surface area (Å²) in [5, 5.41) is 32.0. The predicted octanol–water partition coefficient (Wildman–Crippen LogP) is -1.34. The van der Waals surface area contributed by atoms with Crippen LogP contribution < -0.4 is 16.4 Å². The van der Waals surface area contributed by atoms with Crippen molar-refractivity contribution in [1.29, 1.82) is 0 Å². The molecule has 10 nitrogen and oxygen atoms in total. The van der Waals surface area contributed by atoms with Crippen molar-refractivity contribution >= 4 is 23.8 Å². The van der Waals surface area contributed by atoms with Gasteiger partial charge in [0.05, 0.1) is 12.1 Å². The number of aliphatic hydroxyl groups excluding tert-OH is 1. The van der Waals surface area contributed by atoms with Crippen LogP contribution in [0.3, 0.4) is 0 Å². The lowest BCUT2D eigenvalue weighted by Gasteiger charge is -2.26. The number of nitrogens with two attached hydrogens (primary N) is 1. The maximum atomic E-state index is 12.3. The number of aliphatic carboxylic acids is 2. The highest BCUT2D eigenvalue weighted by Gasteiger charge is 2.32. The molecular formula is C15H27N3O7. The molecule has 7 N–H and O–H groups in total. The topological polar surface area (TPSA) is 179 Å². The van der Waals surface area contributed by atoms with Gasteiger partial charge in [-0.3, -0.25) is 14.4 Å². The fourth-order valence-corrected chi connectivity index (χ4v) is 2.00. The zero-order valence-corrected chi connectivity index (χ0v) is 14.6. The Morgan fingerprint density at radius 1 is 1.00 bits per heavy atom. The summed E-state index contributed by atoms with van der Waals surface area (Å²) in [5.74, 6) is -4.37. The Labute approximate surface area is 145 Å². The highest BCUT2D eigenvalue weighted by molar-refractivity contribution is 5.92. The average molecular weight is 361 g/mol. The van der Waals surface area contributed by atoms with Crippen LogP contribution in [0.4, 0.5) is 0 Å². The van der Waals surface area contributed by atoms with Crippen molar-refractivity contribution in [3.05, 3.63) is 0 Å². The number of carboxylic acids is 2. The third-order valence-corrected chi connectivity index (χ3v) is 3.85. The van der Waals surface area contributed by atoms with Gasteiger partial charge >= 0.3 is 11.9 Å². The Bertz CT molecular complexity index is 496. The fourth-order valence-electron chi connectivity index (χ4n) is 2.00. The van der Waals surface area contributed by atoms with Crippen LogP contribution in [0, 0.1) is 5.92 Å². The number of carboxylic acid groups (broad SMARTS) is 2. The molecule has 0 bridgehead atoms. The molecule has 0 heterocycles. The maximum Gasteiger partial charge on any atom is 0.326 e. The third-order valence-electron chi connectivity index (χ3n) is 3.85. The van der Waals surface area contributed by atoms with Crippen LogP contribution >= 0.6 is 0 Å². The molecular weight excluding hydrogens is 334 g/mol. The molecule has 5 atom stereocenters. The molecule has 0 radical (unpaired) electrons. The number of amides is 2. The van der Waals surface area contributed by atoms with Gasteiger partial charge in [-0.2, -0.15) is 0 Å². The summed E-state index contributed by atoms with van der Waals surface area (Å²) in [5.41, 5.74) is 5.55. The Morgan fingerprint density at radius 3 is 1.92 bits per heavy atom. The van der Waals surface area contributed by atoms with Crippen molar-refractivity contribution in [3.63, 3.8) is 0 Å². The van der Waals surface area contributed by atoms with Gasteiger partial charge in [-0.1, -0.05) is 20.3 Å². The minimum Gasteiger partial charge on any atom is -0.481 e. The zero-order chi connectivity index (χ0) is 19.7.